The zero-order valence-electron chi connectivity index (χ0n) is 10.7. The van der Waals surface area contributed by atoms with Crippen LogP contribution >= 0.6 is 27.7 Å². The molecule has 0 radical (unpaired) electrons. The van der Waals surface area contributed by atoms with Gasteiger partial charge >= 0.3 is 5.97 Å². The van der Waals surface area contributed by atoms with E-state index in [1.807, 2.05) is 0 Å². The number of hydrogen-bond donors (Lipinski definition) is 1. The Morgan fingerprint density at radius 1 is 1.29 bits per heavy atom. The molecule has 2 aromatic carbocycles. The number of carbonyl (C=O) groups is 1. The van der Waals surface area contributed by atoms with Gasteiger partial charge in [0.15, 0.2) is 0 Å². The summed E-state index contributed by atoms with van der Waals surface area (Å²) in [6, 6.07) is 11.5. The summed E-state index contributed by atoms with van der Waals surface area (Å²) in [7, 11) is 0. The van der Waals surface area contributed by atoms with E-state index in [1.165, 1.54) is 17.8 Å². The second-order valence-electron chi connectivity index (χ2n) is 4.12. The van der Waals surface area contributed by atoms with Gasteiger partial charge in [-0.3, -0.25) is 10.1 Å². The molecule has 2 rings (SSSR count). The lowest BCUT2D eigenvalue weighted by atomic mass is 10.2. The molecule has 0 aliphatic carbocycles. The quantitative estimate of drug-likeness (QED) is 0.482. The summed E-state index contributed by atoms with van der Waals surface area (Å²) < 4.78 is 0.505. The lowest BCUT2D eigenvalue weighted by Crippen LogP contribution is -1.98. The average Bonchev–Trinajstić information content (AvgIpc) is 2.46. The number of hydrogen-bond acceptors (Lipinski definition) is 4. The fourth-order valence-corrected chi connectivity index (χ4v) is 3.08. The molecule has 0 unspecified atom stereocenters. The third-order valence-corrected chi connectivity index (χ3v) is 4.48. The van der Waals surface area contributed by atoms with Crippen LogP contribution in [-0.4, -0.2) is 16.0 Å². The Balaban J connectivity index is 2.19. The topological polar surface area (TPSA) is 80.4 Å². The molecule has 108 valence electrons. The summed E-state index contributed by atoms with van der Waals surface area (Å²) in [6.07, 6.45) is 0. The number of aromatic carboxylic acids is 1. The Labute approximate surface area is 133 Å². The molecule has 0 amide bonds. The number of thioether (sulfide) groups is 1. The summed E-state index contributed by atoms with van der Waals surface area (Å²) in [5.41, 5.74) is 0.843. The van der Waals surface area contributed by atoms with Crippen molar-refractivity contribution in [1.82, 2.24) is 0 Å². The number of rotatable bonds is 5. The van der Waals surface area contributed by atoms with E-state index < -0.39 is 10.9 Å². The molecule has 5 nitrogen and oxygen atoms in total. The minimum atomic E-state index is -1.02. The molecule has 0 aliphatic heterocycles. The van der Waals surface area contributed by atoms with Crippen LogP contribution in [0.4, 0.5) is 5.69 Å². The van der Waals surface area contributed by atoms with Crippen molar-refractivity contribution in [2.75, 3.05) is 0 Å². The molecule has 0 saturated heterocycles. The minimum Gasteiger partial charge on any atom is -0.478 e. The third kappa shape index (κ3) is 3.83. The van der Waals surface area contributed by atoms with Crippen molar-refractivity contribution in [1.29, 1.82) is 0 Å². The smallest absolute Gasteiger partial charge is 0.336 e. The van der Waals surface area contributed by atoms with Gasteiger partial charge in [0.2, 0.25) is 0 Å². The molecule has 0 spiro atoms. The van der Waals surface area contributed by atoms with Crippen LogP contribution < -0.4 is 0 Å². The third-order valence-electron chi connectivity index (χ3n) is 2.75. The van der Waals surface area contributed by atoms with Gasteiger partial charge in [-0.2, -0.15) is 0 Å². The minimum absolute atomic E-state index is 0.0700. The van der Waals surface area contributed by atoms with E-state index in [-0.39, 0.29) is 11.3 Å². The first-order valence-corrected chi connectivity index (χ1v) is 7.65. The fraction of sp³-hybridized carbons (Fsp3) is 0.0714. The van der Waals surface area contributed by atoms with Crippen LogP contribution in [0.3, 0.4) is 0 Å². The van der Waals surface area contributed by atoms with Gasteiger partial charge in [0.25, 0.3) is 5.69 Å². The van der Waals surface area contributed by atoms with Gasteiger partial charge < -0.3 is 5.11 Å². The van der Waals surface area contributed by atoms with Gasteiger partial charge in [-0.15, -0.1) is 11.8 Å². The van der Waals surface area contributed by atoms with Gasteiger partial charge in [-0.25, -0.2) is 4.79 Å². The Morgan fingerprint density at radius 3 is 2.67 bits per heavy atom. The molecular weight excluding hydrogens is 358 g/mol. The molecule has 0 aliphatic rings. The van der Waals surface area contributed by atoms with Gasteiger partial charge in [0.05, 0.1) is 10.5 Å². The standard InChI is InChI=1S/C14H10BrNO4S/c15-12-6-5-10(7-11(12)14(17)18)21-8-9-3-1-2-4-13(9)16(19)20/h1-7H,8H2,(H,17,18). The molecule has 0 atom stereocenters. The van der Waals surface area contributed by atoms with Gasteiger partial charge in [0, 0.05) is 26.8 Å². The van der Waals surface area contributed by atoms with Gasteiger partial charge in [0.1, 0.15) is 0 Å². The number of nitrogens with zero attached hydrogens (tertiary/aromatic N) is 1. The molecule has 21 heavy (non-hydrogen) atoms. The van der Waals surface area contributed by atoms with Crippen molar-refractivity contribution >= 4 is 39.3 Å². The number of halogens is 1. The van der Waals surface area contributed by atoms with Crippen LogP contribution in [-0.2, 0) is 5.75 Å². The van der Waals surface area contributed by atoms with Crippen LogP contribution in [0.1, 0.15) is 15.9 Å². The van der Waals surface area contributed by atoms with E-state index in [1.54, 1.807) is 36.4 Å². The number of nitro benzene ring substituents is 1. The molecule has 0 fully saturated rings. The lowest BCUT2D eigenvalue weighted by molar-refractivity contribution is -0.385. The average molecular weight is 368 g/mol. The predicted octanol–water partition coefficient (Wildman–Crippen LogP) is 4.35. The Hall–Kier alpha value is -1.86. The summed E-state index contributed by atoms with van der Waals surface area (Å²) in [5.74, 6) is -0.618. The van der Waals surface area contributed by atoms with Crippen molar-refractivity contribution in [3.8, 4) is 0 Å². The highest BCUT2D eigenvalue weighted by molar-refractivity contribution is 9.10. The Kier molecular flexibility index (Phi) is 4.98. The second-order valence-corrected chi connectivity index (χ2v) is 6.02. The van der Waals surface area contributed by atoms with Crippen molar-refractivity contribution in [2.24, 2.45) is 0 Å². The largest absolute Gasteiger partial charge is 0.478 e. The van der Waals surface area contributed by atoms with Gasteiger partial charge in [-0.1, -0.05) is 18.2 Å². The highest BCUT2D eigenvalue weighted by atomic mass is 79.9. The van der Waals surface area contributed by atoms with Crippen molar-refractivity contribution in [2.45, 2.75) is 10.6 Å². The van der Waals surface area contributed by atoms with Crippen LogP contribution in [0.2, 0.25) is 0 Å². The predicted molar refractivity (Wildman–Crippen MR) is 83.8 cm³/mol. The maximum Gasteiger partial charge on any atom is 0.336 e. The fourth-order valence-electron chi connectivity index (χ4n) is 1.73. The van der Waals surface area contributed by atoms with E-state index in [0.29, 0.717) is 15.8 Å². The summed E-state index contributed by atoms with van der Waals surface area (Å²) in [5, 5.41) is 20.0. The first kappa shape index (κ1) is 15.5. The Morgan fingerprint density at radius 2 is 2.00 bits per heavy atom. The molecule has 0 saturated carbocycles. The molecule has 0 aromatic heterocycles. The number of carboxylic acids is 1. The van der Waals surface area contributed by atoms with E-state index >= 15 is 0 Å². The molecule has 0 bridgehead atoms. The van der Waals surface area contributed by atoms with Gasteiger partial charge in [-0.05, 0) is 34.1 Å². The SMILES string of the molecule is O=C(O)c1cc(SCc2ccccc2[N+](=O)[O-])ccc1Br. The number of para-hydroxylation sites is 1. The molecule has 0 heterocycles. The summed E-state index contributed by atoms with van der Waals surface area (Å²) in [6.45, 7) is 0. The maximum atomic E-state index is 11.1. The first-order valence-electron chi connectivity index (χ1n) is 5.87. The molecular formula is C14H10BrNO4S. The number of carboxylic acid groups (broad SMARTS) is 1. The van der Waals surface area contributed by atoms with E-state index in [9.17, 15) is 14.9 Å². The zero-order valence-corrected chi connectivity index (χ0v) is 13.1. The van der Waals surface area contributed by atoms with Crippen molar-refractivity contribution in [3.63, 3.8) is 0 Å². The molecule has 1 N–H and O–H groups in total. The molecule has 2 aromatic rings. The first-order chi connectivity index (χ1) is 9.99. The van der Waals surface area contributed by atoms with E-state index in [0.717, 1.165) is 4.90 Å². The molecule has 7 heteroatoms. The monoisotopic (exact) mass is 367 g/mol. The normalized spacial score (nSPS) is 10.3. The lowest BCUT2D eigenvalue weighted by Gasteiger charge is -2.05. The summed E-state index contributed by atoms with van der Waals surface area (Å²) in [4.78, 5) is 22.3. The van der Waals surface area contributed by atoms with Crippen molar-refractivity contribution in [3.05, 3.63) is 68.2 Å². The maximum absolute atomic E-state index is 11.1. The highest BCUT2D eigenvalue weighted by Crippen LogP contribution is 2.30. The van der Waals surface area contributed by atoms with E-state index in [4.69, 9.17) is 5.11 Å². The van der Waals surface area contributed by atoms with Crippen LogP contribution in [0, 0.1) is 10.1 Å². The zero-order chi connectivity index (χ0) is 15.4. The number of nitro groups is 1. The summed E-state index contributed by atoms with van der Waals surface area (Å²) >= 11 is 4.54. The number of benzene rings is 2. The Bertz CT molecular complexity index is 705. The van der Waals surface area contributed by atoms with Crippen LogP contribution in [0.5, 0.6) is 0 Å². The van der Waals surface area contributed by atoms with Crippen LogP contribution in [0.25, 0.3) is 0 Å². The van der Waals surface area contributed by atoms with Crippen LogP contribution in [0.15, 0.2) is 51.8 Å². The second kappa shape index (κ2) is 6.73. The van der Waals surface area contributed by atoms with Crippen molar-refractivity contribution < 1.29 is 14.8 Å². The highest BCUT2D eigenvalue weighted by Gasteiger charge is 2.13. The van der Waals surface area contributed by atoms with E-state index in [2.05, 4.69) is 15.9 Å².